The maximum Gasteiger partial charge on any atom is 0.269 e. The summed E-state index contributed by atoms with van der Waals surface area (Å²) in [4.78, 5) is 19.1. The van der Waals surface area contributed by atoms with Crippen molar-refractivity contribution in [3.05, 3.63) is 83.7 Å². The number of ether oxygens (including phenoxy) is 1. The van der Waals surface area contributed by atoms with Gasteiger partial charge in [-0.25, -0.2) is 0 Å². The second-order valence-corrected chi connectivity index (χ2v) is 6.75. The maximum atomic E-state index is 12.6. The normalized spacial score (nSPS) is 12.5. The number of para-hydroxylation sites is 2. The van der Waals surface area contributed by atoms with Gasteiger partial charge in [0.25, 0.3) is 5.91 Å². The first-order valence-electron chi connectivity index (χ1n) is 9.48. The Bertz CT molecular complexity index is 987. The molecule has 2 heterocycles. The molecule has 0 saturated heterocycles. The molecule has 28 heavy (non-hydrogen) atoms. The lowest BCUT2D eigenvalue weighted by Gasteiger charge is -2.20. The first-order valence-corrected chi connectivity index (χ1v) is 9.48. The van der Waals surface area contributed by atoms with Crippen LogP contribution in [0.4, 0.5) is 11.4 Å². The number of anilines is 2. The predicted molar refractivity (Wildman–Crippen MR) is 110 cm³/mol. The molecule has 0 bridgehead atoms. The number of fused-ring (bicyclic) bond motifs is 1. The van der Waals surface area contributed by atoms with E-state index in [2.05, 4.69) is 33.4 Å². The number of benzene rings is 2. The van der Waals surface area contributed by atoms with E-state index in [1.54, 1.807) is 13.3 Å². The van der Waals surface area contributed by atoms with Crippen molar-refractivity contribution in [3.63, 3.8) is 0 Å². The molecule has 1 amide bonds. The molecule has 3 aromatic rings. The number of carbonyl (C=O) groups is 1. The van der Waals surface area contributed by atoms with Gasteiger partial charge >= 0.3 is 0 Å². The van der Waals surface area contributed by atoms with Crippen molar-refractivity contribution in [3.8, 4) is 5.75 Å². The summed E-state index contributed by atoms with van der Waals surface area (Å²) in [6, 6.07) is 20.0. The van der Waals surface area contributed by atoms with Gasteiger partial charge in [-0.15, -0.1) is 0 Å². The third-order valence-electron chi connectivity index (χ3n) is 5.05. The zero-order valence-electron chi connectivity index (χ0n) is 15.9. The van der Waals surface area contributed by atoms with Crippen molar-refractivity contribution in [1.82, 2.24) is 10.3 Å². The Morgan fingerprint density at radius 3 is 2.86 bits per heavy atom. The topological polar surface area (TPSA) is 54.5 Å². The average Bonchev–Trinajstić information content (AvgIpc) is 3.18. The fourth-order valence-corrected chi connectivity index (χ4v) is 3.63. The van der Waals surface area contributed by atoms with E-state index in [0.717, 1.165) is 30.0 Å². The van der Waals surface area contributed by atoms with E-state index >= 15 is 0 Å². The summed E-state index contributed by atoms with van der Waals surface area (Å²) < 4.78 is 5.36. The van der Waals surface area contributed by atoms with E-state index in [1.165, 1.54) is 11.3 Å². The lowest BCUT2D eigenvalue weighted by Crippen LogP contribution is -2.27. The second kappa shape index (κ2) is 8.13. The highest BCUT2D eigenvalue weighted by atomic mass is 16.5. The highest BCUT2D eigenvalue weighted by Crippen LogP contribution is 2.34. The first-order chi connectivity index (χ1) is 13.8. The summed E-state index contributed by atoms with van der Waals surface area (Å²) in [5.41, 5.74) is 5.04. The van der Waals surface area contributed by atoms with Crippen LogP contribution in [-0.4, -0.2) is 31.1 Å². The van der Waals surface area contributed by atoms with Crippen molar-refractivity contribution in [2.75, 3.05) is 25.1 Å². The van der Waals surface area contributed by atoms with Crippen LogP contribution in [0.25, 0.3) is 0 Å². The van der Waals surface area contributed by atoms with Crippen LogP contribution in [0, 0.1) is 0 Å². The van der Waals surface area contributed by atoms with Crippen molar-refractivity contribution < 1.29 is 9.53 Å². The summed E-state index contributed by atoms with van der Waals surface area (Å²) in [5, 5.41) is 2.96. The molecule has 142 valence electrons. The molecule has 0 unspecified atom stereocenters. The molecule has 5 heteroatoms. The zero-order chi connectivity index (χ0) is 19.3. The highest BCUT2D eigenvalue weighted by molar-refractivity contribution is 5.93. The fraction of sp³-hybridized carbons (Fsp3) is 0.217. The number of carbonyl (C=O) groups excluding carboxylic acids is 1. The van der Waals surface area contributed by atoms with E-state index < -0.39 is 0 Å². The SMILES string of the molecule is COc1ccccc1CCNC(=O)c1cc(N2CCc3ccccc32)ccn1. The van der Waals surface area contributed by atoms with Crippen LogP contribution in [0.5, 0.6) is 5.75 Å². The molecule has 1 N–H and O–H groups in total. The summed E-state index contributed by atoms with van der Waals surface area (Å²) in [5.74, 6) is 0.675. The highest BCUT2D eigenvalue weighted by Gasteiger charge is 2.20. The molecular formula is C23H23N3O2. The standard InChI is InChI=1S/C23H23N3O2/c1-28-22-9-5-3-7-18(22)10-13-25-23(27)20-16-19(11-14-24-20)26-15-12-17-6-2-4-8-21(17)26/h2-9,11,14,16H,10,12-13,15H2,1H3,(H,25,27). The van der Waals surface area contributed by atoms with E-state index in [1.807, 2.05) is 42.5 Å². The Labute approximate surface area is 165 Å². The van der Waals surface area contributed by atoms with E-state index in [9.17, 15) is 4.79 Å². The third kappa shape index (κ3) is 3.69. The molecule has 4 rings (SSSR count). The van der Waals surface area contributed by atoms with Gasteiger partial charge in [0.15, 0.2) is 0 Å². The summed E-state index contributed by atoms with van der Waals surface area (Å²) in [6.07, 6.45) is 3.42. The summed E-state index contributed by atoms with van der Waals surface area (Å²) in [6.45, 7) is 1.44. The van der Waals surface area contributed by atoms with E-state index in [0.29, 0.717) is 18.7 Å². The zero-order valence-corrected chi connectivity index (χ0v) is 15.9. The minimum atomic E-state index is -0.163. The third-order valence-corrected chi connectivity index (χ3v) is 5.05. The maximum absolute atomic E-state index is 12.6. The molecule has 0 spiro atoms. The van der Waals surface area contributed by atoms with Crippen LogP contribution in [0.15, 0.2) is 66.9 Å². The van der Waals surface area contributed by atoms with Crippen LogP contribution in [0.3, 0.4) is 0 Å². The number of amides is 1. The largest absolute Gasteiger partial charge is 0.496 e. The first kappa shape index (κ1) is 18.0. The molecule has 0 radical (unpaired) electrons. The lowest BCUT2D eigenvalue weighted by atomic mass is 10.1. The van der Waals surface area contributed by atoms with Gasteiger partial charge in [0.2, 0.25) is 0 Å². The van der Waals surface area contributed by atoms with Gasteiger partial charge in [-0.3, -0.25) is 9.78 Å². The molecule has 1 aliphatic heterocycles. The Kier molecular flexibility index (Phi) is 5.24. The van der Waals surface area contributed by atoms with Crippen molar-refractivity contribution in [2.45, 2.75) is 12.8 Å². The molecule has 0 fully saturated rings. The van der Waals surface area contributed by atoms with Crippen LogP contribution < -0.4 is 15.0 Å². The van der Waals surface area contributed by atoms with Crippen LogP contribution in [0.1, 0.15) is 21.6 Å². The average molecular weight is 373 g/mol. The molecule has 0 aliphatic carbocycles. The molecule has 0 atom stereocenters. The Hall–Kier alpha value is -3.34. The number of hydrogen-bond donors (Lipinski definition) is 1. The summed E-state index contributed by atoms with van der Waals surface area (Å²) >= 11 is 0. The van der Waals surface area contributed by atoms with Gasteiger partial charge in [0, 0.05) is 30.7 Å². The molecule has 0 saturated carbocycles. The van der Waals surface area contributed by atoms with Gasteiger partial charge in [0.1, 0.15) is 11.4 Å². The Morgan fingerprint density at radius 2 is 1.96 bits per heavy atom. The smallest absolute Gasteiger partial charge is 0.269 e. The van der Waals surface area contributed by atoms with Crippen LogP contribution >= 0.6 is 0 Å². The number of hydrogen-bond acceptors (Lipinski definition) is 4. The quantitative estimate of drug-likeness (QED) is 0.715. The second-order valence-electron chi connectivity index (χ2n) is 6.75. The molecule has 2 aromatic carbocycles. The molecule has 5 nitrogen and oxygen atoms in total. The number of nitrogens with one attached hydrogen (secondary N) is 1. The van der Waals surface area contributed by atoms with Gasteiger partial charge in [-0.05, 0) is 48.2 Å². The van der Waals surface area contributed by atoms with E-state index in [4.69, 9.17) is 4.74 Å². The van der Waals surface area contributed by atoms with Crippen molar-refractivity contribution >= 4 is 17.3 Å². The fourth-order valence-electron chi connectivity index (χ4n) is 3.63. The Balaban J connectivity index is 1.42. The van der Waals surface area contributed by atoms with Gasteiger partial charge in [0.05, 0.1) is 7.11 Å². The van der Waals surface area contributed by atoms with Crippen molar-refractivity contribution in [2.24, 2.45) is 0 Å². The number of rotatable bonds is 6. The van der Waals surface area contributed by atoms with Crippen molar-refractivity contribution in [1.29, 1.82) is 0 Å². The van der Waals surface area contributed by atoms with Gasteiger partial charge in [-0.2, -0.15) is 0 Å². The molecule has 1 aliphatic rings. The minimum absolute atomic E-state index is 0.163. The van der Waals surface area contributed by atoms with Crippen LogP contribution in [-0.2, 0) is 12.8 Å². The minimum Gasteiger partial charge on any atom is -0.496 e. The lowest BCUT2D eigenvalue weighted by molar-refractivity contribution is 0.0949. The summed E-state index contributed by atoms with van der Waals surface area (Å²) in [7, 11) is 1.66. The van der Waals surface area contributed by atoms with Gasteiger partial charge < -0.3 is 15.0 Å². The molecule has 1 aromatic heterocycles. The Morgan fingerprint density at radius 1 is 1.14 bits per heavy atom. The number of pyridine rings is 1. The van der Waals surface area contributed by atoms with E-state index in [-0.39, 0.29) is 5.91 Å². The van der Waals surface area contributed by atoms with Crippen LogP contribution in [0.2, 0.25) is 0 Å². The number of nitrogens with zero attached hydrogens (tertiary/aromatic N) is 2. The predicted octanol–water partition coefficient (Wildman–Crippen LogP) is 3.76. The van der Waals surface area contributed by atoms with Gasteiger partial charge in [-0.1, -0.05) is 36.4 Å². The number of aromatic nitrogens is 1. The monoisotopic (exact) mass is 373 g/mol. The molecular weight excluding hydrogens is 350 g/mol. The number of methoxy groups -OCH3 is 1.